The van der Waals surface area contributed by atoms with Gasteiger partial charge in [0.15, 0.2) is 0 Å². The Morgan fingerprint density at radius 1 is 0.692 bits per heavy atom. The van der Waals surface area contributed by atoms with Crippen LogP contribution in [0.1, 0.15) is 6.92 Å². The molecular weight excluding hydrogens is 523 g/mol. The van der Waals surface area contributed by atoms with E-state index in [9.17, 15) is 0 Å². The number of methoxy groups -OCH3 is 2. The second-order valence-corrected chi connectivity index (χ2v) is 12.4. The first-order chi connectivity index (χ1) is 19.0. The molecule has 0 aliphatic carbocycles. The van der Waals surface area contributed by atoms with Gasteiger partial charge in [0.2, 0.25) is 0 Å². The van der Waals surface area contributed by atoms with Crippen LogP contribution >= 0.6 is 23.5 Å². The van der Waals surface area contributed by atoms with Gasteiger partial charge in [-0.3, -0.25) is 0 Å². The van der Waals surface area contributed by atoms with Crippen molar-refractivity contribution in [3.05, 3.63) is 78.9 Å². The smallest absolute Gasteiger partial charge is 0.145 e. The van der Waals surface area contributed by atoms with Crippen molar-refractivity contribution in [1.82, 2.24) is 4.90 Å². The first-order valence-electron chi connectivity index (χ1n) is 13.1. The molecule has 200 valence electrons. The van der Waals surface area contributed by atoms with Gasteiger partial charge in [-0.2, -0.15) is 0 Å². The molecule has 7 heteroatoms. The van der Waals surface area contributed by atoms with Crippen LogP contribution in [0.15, 0.2) is 98.4 Å². The van der Waals surface area contributed by atoms with Crippen molar-refractivity contribution < 1.29 is 9.47 Å². The van der Waals surface area contributed by atoms with Gasteiger partial charge in [-0.05, 0) is 62.5 Å². The monoisotopic (exact) mass is 555 g/mol. The number of hydrogen-bond acceptors (Lipinski definition) is 7. The number of nitrogens with zero attached hydrogens (tertiary/aromatic N) is 3. The largest absolute Gasteiger partial charge is 0.497 e. The summed E-state index contributed by atoms with van der Waals surface area (Å²) in [6.07, 6.45) is 0. The highest BCUT2D eigenvalue weighted by molar-refractivity contribution is 8.00. The third-order valence-electron chi connectivity index (χ3n) is 7.07. The third kappa shape index (κ3) is 4.84. The Kier molecular flexibility index (Phi) is 7.14. The summed E-state index contributed by atoms with van der Waals surface area (Å²) in [6, 6.07) is 28.1. The number of ether oxygens (including phenoxy) is 2. The summed E-state index contributed by atoms with van der Waals surface area (Å²) in [5, 5.41) is 0. The highest BCUT2D eigenvalue weighted by Gasteiger charge is 2.31. The van der Waals surface area contributed by atoms with E-state index in [1.54, 1.807) is 26.0 Å². The number of anilines is 5. The standard InChI is InChI=1S/C32H33N3O2S2/c1-21(19-33(2)3)20-34-23-10-6-8-12-29(23)39-32-18-25(28(37-5)17-26(32)34)35-24-11-7-9-13-30(24)38-31-15-14-22(36-4)16-27(31)35/h6-18,21H,19-20H2,1-5H3/t21-/m1/s1. The van der Waals surface area contributed by atoms with Gasteiger partial charge < -0.3 is 24.2 Å². The van der Waals surface area contributed by atoms with E-state index in [0.29, 0.717) is 5.92 Å². The molecule has 39 heavy (non-hydrogen) atoms. The normalized spacial score (nSPS) is 14.3. The van der Waals surface area contributed by atoms with Crippen molar-refractivity contribution in [2.24, 2.45) is 5.92 Å². The molecule has 0 bridgehead atoms. The van der Waals surface area contributed by atoms with E-state index in [1.807, 2.05) is 17.8 Å². The van der Waals surface area contributed by atoms with Gasteiger partial charge in [0, 0.05) is 44.8 Å². The summed E-state index contributed by atoms with van der Waals surface area (Å²) in [7, 11) is 7.77. The average Bonchev–Trinajstić information content (AvgIpc) is 2.94. The summed E-state index contributed by atoms with van der Waals surface area (Å²) >= 11 is 3.62. The summed E-state index contributed by atoms with van der Waals surface area (Å²) < 4.78 is 11.8. The second kappa shape index (κ2) is 10.7. The minimum absolute atomic E-state index is 0.486. The van der Waals surface area contributed by atoms with Crippen LogP contribution in [-0.2, 0) is 0 Å². The lowest BCUT2D eigenvalue weighted by Crippen LogP contribution is -2.31. The predicted octanol–water partition coefficient (Wildman–Crippen LogP) is 8.44. The van der Waals surface area contributed by atoms with Crippen molar-refractivity contribution in [3.8, 4) is 11.5 Å². The Labute approximate surface area is 239 Å². The zero-order chi connectivity index (χ0) is 27.1. The number of benzene rings is 4. The number of fused-ring (bicyclic) bond motifs is 4. The van der Waals surface area contributed by atoms with Crippen molar-refractivity contribution in [3.63, 3.8) is 0 Å². The molecule has 0 amide bonds. The lowest BCUT2D eigenvalue weighted by molar-refractivity contribution is 0.342. The maximum absolute atomic E-state index is 6.13. The zero-order valence-corrected chi connectivity index (χ0v) is 24.6. The molecule has 1 atom stereocenters. The highest BCUT2D eigenvalue weighted by atomic mass is 32.2. The van der Waals surface area contributed by atoms with Crippen LogP contribution in [0.4, 0.5) is 28.4 Å². The van der Waals surface area contributed by atoms with E-state index >= 15 is 0 Å². The van der Waals surface area contributed by atoms with Crippen molar-refractivity contribution >= 4 is 52.0 Å². The first-order valence-corrected chi connectivity index (χ1v) is 14.8. The molecule has 4 aromatic rings. The maximum Gasteiger partial charge on any atom is 0.145 e. The Hall–Kier alpha value is -3.26. The minimum Gasteiger partial charge on any atom is -0.497 e. The van der Waals surface area contributed by atoms with Crippen LogP contribution in [0.25, 0.3) is 0 Å². The molecule has 2 aliphatic rings. The summed E-state index contributed by atoms with van der Waals surface area (Å²) in [5.74, 6) is 2.16. The van der Waals surface area contributed by atoms with Crippen molar-refractivity contribution in [2.45, 2.75) is 26.5 Å². The molecule has 0 N–H and O–H groups in total. The summed E-state index contributed by atoms with van der Waals surface area (Å²) in [6.45, 7) is 4.27. The molecule has 6 rings (SSSR count). The van der Waals surface area contributed by atoms with E-state index in [2.05, 4.69) is 109 Å². The Morgan fingerprint density at radius 2 is 1.36 bits per heavy atom. The Bertz CT molecular complexity index is 1520. The SMILES string of the molecule is COc1ccc2c(c1)N(c1cc3c(cc1OC)N(C[C@H](C)CN(C)C)c1ccccc1S3)c1ccccc1S2. The molecule has 5 nitrogen and oxygen atoms in total. The molecule has 0 spiro atoms. The third-order valence-corrected chi connectivity index (χ3v) is 9.31. The van der Waals surface area contributed by atoms with E-state index in [0.717, 1.165) is 41.7 Å². The second-order valence-electron chi connectivity index (χ2n) is 10.3. The Balaban J connectivity index is 1.52. The van der Waals surface area contributed by atoms with Crippen LogP contribution < -0.4 is 19.3 Å². The minimum atomic E-state index is 0.486. The molecule has 0 saturated heterocycles. The van der Waals surface area contributed by atoms with E-state index in [-0.39, 0.29) is 0 Å². The van der Waals surface area contributed by atoms with Gasteiger partial charge in [0.25, 0.3) is 0 Å². The van der Waals surface area contributed by atoms with Gasteiger partial charge in [-0.15, -0.1) is 0 Å². The lowest BCUT2D eigenvalue weighted by Gasteiger charge is -2.38. The lowest BCUT2D eigenvalue weighted by atomic mass is 10.1. The summed E-state index contributed by atoms with van der Waals surface area (Å²) in [4.78, 5) is 12.0. The zero-order valence-electron chi connectivity index (χ0n) is 23.0. The van der Waals surface area contributed by atoms with Gasteiger partial charge in [0.1, 0.15) is 11.5 Å². The molecular formula is C32H33N3O2S2. The van der Waals surface area contributed by atoms with E-state index in [4.69, 9.17) is 9.47 Å². The number of hydrogen-bond donors (Lipinski definition) is 0. The van der Waals surface area contributed by atoms with Crippen molar-refractivity contribution in [1.29, 1.82) is 0 Å². The molecule has 0 unspecified atom stereocenters. The van der Waals surface area contributed by atoms with Crippen LogP contribution in [0.3, 0.4) is 0 Å². The van der Waals surface area contributed by atoms with Crippen molar-refractivity contribution in [2.75, 3.05) is 51.2 Å². The van der Waals surface area contributed by atoms with Crippen LogP contribution in [0, 0.1) is 5.92 Å². The van der Waals surface area contributed by atoms with E-state index in [1.165, 1.54) is 31.0 Å². The van der Waals surface area contributed by atoms with Crippen LogP contribution in [0.5, 0.6) is 11.5 Å². The van der Waals surface area contributed by atoms with Gasteiger partial charge >= 0.3 is 0 Å². The fourth-order valence-corrected chi connectivity index (χ4v) is 7.64. The number of para-hydroxylation sites is 2. The first kappa shape index (κ1) is 26.0. The van der Waals surface area contributed by atoms with Crippen LogP contribution in [-0.4, -0.2) is 46.3 Å². The topological polar surface area (TPSA) is 28.2 Å². The molecule has 0 radical (unpaired) electrons. The fraction of sp³-hybridized carbons (Fsp3) is 0.250. The van der Waals surface area contributed by atoms with Crippen LogP contribution in [0.2, 0.25) is 0 Å². The van der Waals surface area contributed by atoms with Gasteiger partial charge in [-0.25, -0.2) is 0 Å². The van der Waals surface area contributed by atoms with E-state index < -0.39 is 0 Å². The van der Waals surface area contributed by atoms with Gasteiger partial charge in [-0.1, -0.05) is 54.7 Å². The summed E-state index contributed by atoms with van der Waals surface area (Å²) in [5.41, 5.74) is 5.69. The van der Waals surface area contributed by atoms with Gasteiger partial charge in [0.05, 0.1) is 42.7 Å². The number of rotatable bonds is 7. The fourth-order valence-electron chi connectivity index (χ4n) is 5.49. The average molecular weight is 556 g/mol. The molecule has 2 heterocycles. The predicted molar refractivity (Wildman–Crippen MR) is 164 cm³/mol. The molecule has 0 fully saturated rings. The Morgan fingerprint density at radius 3 is 2.08 bits per heavy atom. The molecule has 0 saturated carbocycles. The molecule has 0 aromatic heterocycles. The molecule has 2 aliphatic heterocycles. The maximum atomic E-state index is 6.13. The quantitative estimate of drug-likeness (QED) is 0.199. The highest BCUT2D eigenvalue weighted by Crippen LogP contribution is 2.57. The molecule has 4 aromatic carbocycles.